The van der Waals surface area contributed by atoms with Crippen molar-refractivity contribution in [2.45, 2.75) is 49.5 Å². The molecule has 0 bridgehead atoms. The van der Waals surface area contributed by atoms with Gasteiger partial charge in [-0.3, -0.25) is 18.4 Å². The largest absolute Gasteiger partial charge is 2.00 e. The third-order valence-electron chi connectivity index (χ3n) is 7.67. The van der Waals surface area contributed by atoms with Crippen molar-refractivity contribution in [2.75, 3.05) is 28.4 Å². The van der Waals surface area contributed by atoms with Crippen LogP contribution in [0.4, 0.5) is 0 Å². The van der Waals surface area contributed by atoms with Gasteiger partial charge < -0.3 is 38.9 Å². The molecule has 4 aromatic heterocycles. The van der Waals surface area contributed by atoms with Crippen LogP contribution in [-0.4, -0.2) is 102 Å². The number of rotatable bonds is 10. The Hall–Kier alpha value is -3.34. The predicted molar refractivity (Wildman–Crippen MR) is 190 cm³/mol. The summed E-state index contributed by atoms with van der Waals surface area (Å²) in [4.78, 5) is 26.2. The van der Waals surface area contributed by atoms with Gasteiger partial charge in [-0.25, -0.2) is 0 Å². The summed E-state index contributed by atoms with van der Waals surface area (Å²) in [6.07, 6.45) is 3.46. The molecule has 6 rings (SSSR count). The van der Waals surface area contributed by atoms with Crippen molar-refractivity contribution in [1.29, 1.82) is 0 Å². The molecule has 0 amide bonds. The van der Waals surface area contributed by atoms with Gasteiger partial charge in [-0.05, 0) is 74.0 Å². The molecule has 0 fully saturated rings. The predicted octanol–water partition coefficient (Wildman–Crippen LogP) is 4.68. The number of hydrogen-bond acceptors (Lipinski definition) is 10. The van der Waals surface area contributed by atoms with Gasteiger partial charge in [0, 0.05) is 45.0 Å². The minimum absolute atomic E-state index is 0. The van der Waals surface area contributed by atoms with Gasteiger partial charge in [0.2, 0.25) is 0 Å². The monoisotopic (exact) mass is 776 g/mol. The molecular formula is C34H36N6O6S2Sr. The van der Waals surface area contributed by atoms with Gasteiger partial charge in [-0.2, -0.15) is 0 Å². The summed E-state index contributed by atoms with van der Waals surface area (Å²) in [5, 5.41) is 0.609. The minimum Gasteiger partial charge on any atom is -0.497 e. The molecule has 49 heavy (non-hydrogen) atoms. The maximum atomic E-state index is 12.6. The maximum Gasteiger partial charge on any atom is 2.00 e. The van der Waals surface area contributed by atoms with E-state index in [0.717, 1.165) is 45.1 Å². The molecule has 0 unspecified atom stereocenters. The first kappa shape index (κ1) is 38.5. The quantitative estimate of drug-likeness (QED) is 0.178. The summed E-state index contributed by atoms with van der Waals surface area (Å²) in [7, 11) is 3.66. The van der Waals surface area contributed by atoms with E-state index in [2.05, 4.69) is 29.9 Å². The van der Waals surface area contributed by atoms with Crippen molar-refractivity contribution in [3.8, 4) is 23.0 Å². The van der Waals surface area contributed by atoms with Crippen LogP contribution in [0.2, 0.25) is 0 Å². The number of hydrogen-bond donors (Lipinski definition) is 0. The Morgan fingerprint density at radius 3 is 1.35 bits per heavy atom. The van der Waals surface area contributed by atoms with Crippen LogP contribution in [0.25, 0.3) is 22.1 Å². The Morgan fingerprint density at radius 1 is 0.612 bits per heavy atom. The van der Waals surface area contributed by atoms with Crippen molar-refractivity contribution in [1.82, 2.24) is 29.9 Å². The van der Waals surface area contributed by atoms with Crippen LogP contribution in [0.15, 0.2) is 59.1 Å². The summed E-state index contributed by atoms with van der Waals surface area (Å²) < 4.78 is 46.4. The van der Waals surface area contributed by atoms with Gasteiger partial charge in [0.05, 0.1) is 72.9 Å². The van der Waals surface area contributed by atoms with E-state index in [1.54, 1.807) is 77.2 Å². The van der Waals surface area contributed by atoms with E-state index >= 15 is 0 Å². The van der Waals surface area contributed by atoms with Crippen LogP contribution in [0.1, 0.15) is 33.6 Å². The van der Waals surface area contributed by atoms with Crippen LogP contribution in [0.5, 0.6) is 23.0 Å². The zero-order valence-electron chi connectivity index (χ0n) is 28.7. The standard InChI is InChI=1S/2C17H18N3O3S.Sr/c2*1-10-8-18-15(11(2)16(10)23-4)9-24(21)17-19-13-6-5-12(22-3)7-14(13)20-17;/h2*5-8H,9H2,1-4H3;/q2*-1;+2/t2*24-;/m10./s1. The second-order valence-corrected chi connectivity index (χ2v) is 13.5. The smallest absolute Gasteiger partial charge is 0.497 e. The van der Waals surface area contributed by atoms with Gasteiger partial charge in [0.1, 0.15) is 23.0 Å². The Morgan fingerprint density at radius 2 is 1.00 bits per heavy atom. The van der Waals surface area contributed by atoms with E-state index in [4.69, 9.17) is 18.9 Å². The topological polar surface area (TPSA) is 151 Å². The number of imidazole rings is 2. The number of ether oxygens (including phenoxy) is 4. The molecule has 15 heteroatoms. The fourth-order valence-electron chi connectivity index (χ4n) is 5.11. The molecule has 4 heterocycles. The summed E-state index contributed by atoms with van der Waals surface area (Å²) in [5.41, 5.74) is 7.87. The van der Waals surface area contributed by atoms with Gasteiger partial charge in [-0.1, -0.05) is 12.1 Å². The summed E-state index contributed by atoms with van der Waals surface area (Å²) in [6, 6.07) is 10.8. The molecule has 0 aliphatic carbocycles. The SMILES string of the molecule is COc1ccc2[n-]c([S@@](=O)Cc3ncc(C)c(OC)c3C)nc2c1.COc1ccc2[n-]c([S@](=O)Cc3ncc(C)c(OC)c3C)nc2c1.[Sr+2]. The first-order valence-electron chi connectivity index (χ1n) is 14.8. The Labute approximate surface area is 327 Å². The van der Waals surface area contributed by atoms with Crippen LogP contribution < -0.4 is 28.9 Å². The molecule has 0 saturated heterocycles. The van der Waals surface area contributed by atoms with Gasteiger partial charge in [0.15, 0.2) is 0 Å². The first-order chi connectivity index (χ1) is 23.1. The van der Waals surface area contributed by atoms with E-state index < -0.39 is 21.6 Å². The summed E-state index contributed by atoms with van der Waals surface area (Å²) >= 11 is 0. The molecule has 12 nitrogen and oxygen atoms in total. The van der Waals surface area contributed by atoms with E-state index in [1.807, 2.05) is 27.7 Å². The third-order valence-corrected chi connectivity index (χ3v) is 9.92. The number of pyridine rings is 2. The molecule has 0 spiro atoms. The summed E-state index contributed by atoms with van der Waals surface area (Å²) in [6.45, 7) is 7.69. The molecule has 0 aliphatic rings. The zero-order valence-corrected chi connectivity index (χ0v) is 33.8. The number of aromatic nitrogens is 6. The van der Waals surface area contributed by atoms with E-state index in [1.165, 1.54) is 0 Å². The second-order valence-electron chi connectivity index (χ2n) is 10.8. The van der Waals surface area contributed by atoms with Crippen molar-refractivity contribution < 1.29 is 27.4 Å². The molecular weight excluding hydrogens is 740 g/mol. The second kappa shape index (κ2) is 17.1. The Kier molecular flexibility index (Phi) is 13.4. The Bertz CT molecular complexity index is 2000. The minimum atomic E-state index is -1.38. The van der Waals surface area contributed by atoms with Crippen molar-refractivity contribution in [3.05, 3.63) is 82.4 Å². The molecule has 2 aromatic carbocycles. The first-order valence-corrected chi connectivity index (χ1v) is 17.4. The zero-order chi connectivity index (χ0) is 34.5. The number of aryl methyl sites for hydroxylation is 2. The van der Waals surface area contributed by atoms with Gasteiger partial charge >= 0.3 is 45.5 Å². The van der Waals surface area contributed by atoms with Gasteiger partial charge in [0.25, 0.3) is 0 Å². The van der Waals surface area contributed by atoms with Crippen molar-refractivity contribution >= 4 is 89.1 Å². The Balaban J connectivity index is 0.000000216. The molecule has 2 atom stereocenters. The number of fused-ring (bicyclic) bond motifs is 2. The molecule has 0 radical (unpaired) electrons. The van der Waals surface area contributed by atoms with Crippen LogP contribution in [-0.2, 0) is 33.1 Å². The van der Waals surface area contributed by atoms with Gasteiger partial charge in [-0.15, -0.1) is 0 Å². The average Bonchev–Trinajstić information content (AvgIpc) is 3.72. The fraction of sp³-hybridized carbons (Fsp3) is 0.294. The van der Waals surface area contributed by atoms with E-state index in [9.17, 15) is 8.42 Å². The molecule has 0 aliphatic heterocycles. The molecule has 6 aromatic rings. The average molecular weight is 776 g/mol. The fourth-order valence-corrected chi connectivity index (χ4v) is 7.24. The molecule has 0 N–H and O–H groups in total. The third kappa shape index (κ3) is 8.70. The van der Waals surface area contributed by atoms with Crippen LogP contribution in [0, 0.1) is 27.7 Å². The van der Waals surface area contributed by atoms with Crippen LogP contribution in [0.3, 0.4) is 0 Å². The van der Waals surface area contributed by atoms with Crippen LogP contribution >= 0.6 is 0 Å². The molecule has 0 saturated carbocycles. The van der Waals surface area contributed by atoms with Crippen molar-refractivity contribution in [2.24, 2.45) is 0 Å². The van der Waals surface area contributed by atoms with Crippen molar-refractivity contribution in [3.63, 3.8) is 0 Å². The normalized spacial score (nSPS) is 12.1. The number of benzene rings is 2. The number of methoxy groups -OCH3 is 4. The van der Waals surface area contributed by atoms with E-state index in [-0.39, 0.29) is 57.0 Å². The maximum absolute atomic E-state index is 12.6. The van der Waals surface area contributed by atoms with E-state index in [0.29, 0.717) is 43.9 Å². The number of nitrogens with zero attached hydrogens (tertiary/aromatic N) is 6. The molecule has 252 valence electrons. The summed E-state index contributed by atoms with van der Waals surface area (Å²) in [5.74, 6) is 3.43.